The molecular weight excluding hydrogens is 240 g/mol. The van der Waals surface area contributed by atoms with Crippen LogP contribution in [0, 0.1) is 0 Å². The molecule has 0 amide bonds. The van der Waals surface area contributed by atoms with E-state index < -0.39 is 0 Å². The Balaban J connectivity index is 2.55. The Morgan fingerprint density at radius 1 is 1.05 bits per heavy atom. The summed E-state index contributed by atoms with van der Waals surface area (Å²) >= 11 is 0. The summed E-state index contributed by atoms with van der Waals surface area (Å²) in [5, 5.41) is 4.39. The Kier molecular flexibility index (Phi) is 4.44. The molecule has 0 radical (unpaired) electrons. The van der Waals surface area contributed by atoms with Gasteiger partial charge < -0.3 is 14.8 Å². The summed E-state index contributed by atoms with van der Waals surface area (Å²) in [5.74, 6) is 1.52. The molecule has 4 heteroatoms. The van der Waals surface area contributed by atoms with Gasteiger partial charge in [-0.3, -0.25) is 4.98 Å². The van der Waals surface area contributed by atoms with E-state index >= 15 is 0 Å². The molecule has 0 saturated heterocycles. The topological polar surface area (TPSA) is 43.4 Å². The van der Waals surface area contributed by atoms with Crippen LogP contribution in [-0.2, 0) is 0 Å². The van der Waals surface area contributed by atoms with Crippen LogP contribution in [0.15, 0.2) is 24.4 Å². The smallest absolute Gasteiger partial charge is 0.163 e. The van der Waals surface area contributed by atoms with Crippen molar-refractivity contribution in [2.24, 2.45) is 0 Å². The molecule has 0 aliphatic carbocycles. The zero-order valence-electron chi connectivity index (χ0n) is 11.7. The van der Waals surface area contributed by atoms with E-state index in [2.05, 4.69) is 17.2 Å². The summed E-state index contributed by atoms with van der Waals surface area (Å²) in [5.41, 5.74) is 1.97. The van der Waals surface area contributed by atoms with Crippen molar-refractivity contribution in [1.29, 1.82) is 0 Å². The van der Waals surface area contributed by atoms with Crippen molar-refractivity contribution in [1.82, 2.24) is 4.98 Å². The van der Waals surface area contributed by atoms with Crippen LogP contribution in [0.3, 0.4) is 0 Å². The minimum Gasteiger partial charge on any atom is -0.490 e. The normalized spacial score (nSPS) is 10.5. The van der Waals surface area contributed by atoms with Crippen LogP contribution in [-0.4, -0.2) is 24.7 Å². The summed E-state index contributed by atoms with van der Waals surface area (Å²) in [6.45, 7) is 8.10. The third-order valence-electron chi connectivity index (χ3n) is 2.77. The van der Waals surface area contributed by atoms with Gasteiger partial charge >= 0.3 is 0 Å². The molecule has 102 valence electrons. The Labute approximate surface area is 113 Å². The van der Waals surface area contributed by atoms with Gasteiger partial charge in [0.1, 0.15) is 0 Å². The molecule has 1 aromatic heterocycles. The molecule has 0 saturated carbocycles. The lowest BCUT2D eigenvalue weighted by atomic mass is 10.1. The number of ether oxygens (including phenoxy) is 2. The number of pyridine rings is 1. The molecule has 19 heavy (non-hydrogen) atoms. The van der Waals surface area contributed by atoms with Crippen molar-refractivity contribution >= 4 is 16.6 Å². The molecular formula is C15H20N2O2. The van der Waals surface area contributed by atoms with Gasteiger partial charge in [0.2, 0.25) is 0 Å². The van der Waals surface area contributed by atoms with E-state index in [1.54, 1.807) is 6.20 Å². The second-order valence-electron chi connectivity index (χ2n) is 4.07. The molecule has 0 unspecified atom stereocenters. The summed E-state index contributed by atoms with van der Waals surface area (Å²) < 4.78 is 11.3. The second-order valence-corrected chi connectivity index (χ2v) is 4.07. The van der Waals surface area contributed by atoms with Crippen LogP contribution in [0.5, 0.6) is 11.5 Å². The van der Waals surface area contributed by atoms with Gasteiger partial charge in [-0.05, 0) is 32.9 Å². The quantitative estimate of drug-likeness (QED) is 0.863. The largest absolute Gasteiger partial charge is 0.490 e. The van der Waals surface area contributed by atoms with E-state index in [1.807, 2.05) is 32.0 Å². The first-order chi connectivity index (χ1) is 9.30. The number of hydrogen-bond acceptors (Lipinski definition) is 4. The van der Waals surface area contributed by atoms with Crippen LogP contribution >= 0.6 is 0 Å². The molecule has 0 bridgehead atoms. The number of anilines is 1. The van der Waals surface area contributed by atoms with Crippen LogP contribution in [0.2, 0.25) is 0 Å². The van der Waals surface area contributed by atoms with Gasteiger partial charge in [0, 0.05) is 29.9 Å². The van der Waals surface area contributed by atoms with E-state index in [4.69, 9.17) is 9.47 Å². The Hall–Kier alpha value is -1.97. The molecule has 0 spiro atoms. The van der Waals surface area contributed by atoms with Crippen molar-refractivity contribution in [2.75, 3.05) is 25.1 Å². The number of nitrogens with one attached hydrogen (secondary N) is 1. The fraction of sp³-hybridized carbons (Fsp3) is 0.400. The third kappa shape index (κ3) is 2.89. The lowest BCUT2D eigenvalue weighted by molar-refractivity contribution is 0.288. The molecule has 0 fully saturated rings. The van der Waals surface area contributed by atoms with Crippen molar-refractivity contribution < 1.29 is 9.47 Å². The number of rotatable bonds is 6. The Morgan fingerprint density at radius 2 is 1.74 bits per heavy atom. The molecule has 0 aliphatic rings. The van der Waals surface area contributed by atoms with E-state index in [0.29, 0.717) is 13.2 Å². The van der Waals surface area contributed by atoms with E-state index in [0.717, 1.165) is 34.6 Å². The van der Waals surface area contributed by atoms with Gasteiger partial charge in [-0.2, -0.15) is 0 Å². The monoisotopic (exact) mass is 260 g/mol. The predicted octanol–water partition coefficient (Wildman–Crippen LogP) is 3.46. The summed E-state index contributed by atoms with van der Waals surface area (Å²) in [7, 11) is 0. The maximum Gasteiger partial charge on any atom is 0.163 e. The molecule has 1 heterocycles. The standard InChI is InChI=1S/C15H20N2O2/c1-4-16-12-7-8-17-13-10-15(19-6-3)14(18-5-2)9-11(12)13/h7-10H,4-6H2,1-3H3,(H,16,17). The van der Waals surface area contributed by atoms with E-state index in [1.165, 1.54) is 0 Å². The van der Waals surface area contributed by atoms with Crippen LogP contribution in [0.1, 0.15) is 20.8 Å². The number of fused-ring (bicyclic) bond motifs is 1. The SMILES string of the molecule is CCNc1ccnc2cc(OCC)c(OCC)cc12. The van der Waals surface area contributed by atoms with Gasteiger partial charge in [0.25, 0.3) is 0 Å². The molecule has 4 nitrogen and oxygen atoms in total. The third-order valence-corrected chi connectivity index (χ3v) is 2.77. The van der Waals surface area contributed by atoms with E-state index in [-0.39, 0.29) is 0 Å². The zero-order chi connectivity index (χ0) is 13.7. The van der Waals surface area contributed by atoms with Gasteiger partial charge in [-0.15, -0.1) is 0 Å². The maximum atomic E-state index is 5.65. The average molecular weight is 260 g/mol. The summed E-state index contributed by atoms with van der Waals surface area (Å²) in [6, 6.07) is 5.90. The minimum atomic E-state index is 0.610. The Morgan fingerprint density at radius 3 is 2.37 bits per heavy atom. The highest BCUT2D eigenvalue weighted by Crippen LogP contribution is 2.34. The number of nitrogens with zero attached hydrogens (tertiary/aromatic N) is 1. The van der Waals surface area contributed by atoms with Gasteiger partial charge in [0.15, 0.2) is 11.5 Å². The summed E-state index contributed by atoms with van der Waals surface area (Å²) in [4.78, 5) is 4.39. The van der Waals surface area contributed by atoms with Crippen molar-refractivity contribution in [2.45, 2.75) is 20.8 Å². The molecule has 1 aromatic carbocycles. The molecule has 1 N–H and O–H groups in total. The van der Waals surface area contributed by atoms with Crippen LogP contribution < -0.4 is 14.8 Å². The summed E-state index contributed by atoms with van der Waals surface area (Å²) in [6.07, 6.45) is 1.80. The first kappa shape index (κ1) is 13.5. The first-order valence-corrected chi connectivity index (χ1v) is 6.72. The van der Waals surface area contributed by atoms with Crippen molar-refractivity contribution in [3.8, 4) is 11.5 Å². The number of benzene rings is 1. The van der Waals surface area contributed by atoms with Gasteiger partial charge in [-0.25, -0.2) is 0 Å². The van der Waals surface area contributed by atoms with Gasteiger partial charge in [-0.1, -0.05) is 0 Å². The number of hydrogen-bond donors (Lipinski definition) is 1. The first-order valence-electron chi connectivity index (χ1n) is 6.72. The highest BCUT2D eigenvalue weighted by atomic mass is 16.5. The minimum absolute atomic E-state index is 0.610. The van der Waals surface area contributed by atoms with Gasteiger partial charge in [0.05, 0.1) is 18.7 Å². The fourth-order valence-electron chi connectivity index (χ4n) is 2.03. The highest BCUT2D eigenvalue weighted by molar-refractivity contribution is 5.93. The van der Waals surface area contributed by atoms with E-state index in [9.17, 15) is 0 Å². The van der Waals surface area contributed by atoms with Crippen molar-refractivity contribution in [3.05, 3.63) is 24.4 Å². The lowest BCUT2D eigenvalue weighted by Crippen LogP contribution is -2.01. The molecule has 2 aromatic rings. The lowest BCUT2D eigenvalue weighted by Gasteiger charge is -2.14. The predicted molar refractivity (Wildman–Crippen MR) is 78.2 cm³/mol. The fourth-order valence-corrected chi connectivity index (χ4v) is 2.03. The van der Waals surface area contributed by atoms with Crippen molar-refractivity contribution in [3.63, 3.8) is 0 Å². The van der Waals surface area contributed by atoms with Crippen LogP contribution in [0.25, 0.3) is 10.9 Å². The number of aromatic nitrogens is 1. The average Bonchev–Trinajstić information content (AvgIpc) is 2.41. The second kappa shape index (κ2) is 6.27. The molecule has 2 rings (SSSR count). The maximum absolute atomic E-state index is 5.65. The highest BCUT2D eigenvalue weighted by Gasteiger charge is 2.10. The molecule has 0 aliphatic heterocycles. The Bertz CT molecular complexity index is 555. The van der Waals surface area contributed by atoms with Crippen LogP contribution in [0.4, 0.5) is 5.69 Å². The molecule has 0 atom stereocenters. The zero-order valence-corrected chi connectivity index (χ0v) is 11.7.